The van der Waals surface area contributed by atoms with Gasteiger partial charge in [0, 0.05) is 13.2 Å². The van der Waals surface area contributed by atoms with E-state index < -0.39 is 0 Å². The number of rotatable bonds is 4. The smallest absolute Gasteiger partial charge is 0.150 e. The van der Waals surface area contributed by atoms with Gasteiger partial charge in [0.15, 0.2) is 12.5 Å². The quantitative estimate of drug-likeness (QED) is 0.267. The highest BCUT2D eigenvalue weighted by Gasteiger charge is 2.25. The molecule has 6 rings (SSSR count). The van der Waals surface area contributed by atoms with Crippen LogP contribution in [-0.4, -0.2) is 32.8 Å². The summed E-state index contributed by atoms with van der Waals surface area (Å²) in [6.45, 7) is 15.0. The van der Waals surface area contributed by atoms with Crippen molar-refractivity contribution in [3.8, 4) is 0 Å². The Balaban J connectivity index is 0.000000148. The lowest BCUT2D eigenvalue weighted by molar-refractivity contribution is -0.0410. The number of aryl methyl sites for hydroxylation is 2. The van der Waals surface area contributed by atoms with E-state index in [0.29, 0.717) is 11.8 Å². The van der Waals surface area contributed by atoms with Gasteiger partial charge in [-0.05, 0) is 86.1 Å². The maximum Gasteiger partial charge on any atom is 0.150 e. The number of fused-ring (bicyclic) bond motifs is 2. The molecule has 0 radical (unpaired) electrons. The lowest BCUT2D eigenvalue weighted by Gasteiger charge is -2.25. The molecule has 0 aliphatic carbocycles. The van der Waals surface area contributed by atoms with Gasteiger partial charge in [-0.15, -0.1) is 22.7 Å². The molecule has 4 aromatic rings. The van der Waals surface area contributed by atoms with Crippen molar-refractivity contribution in [3.63, 3.8) is 0 Å². The first kappa shape index (κ1) is 25.9. The molecule has 2 unspecified atom stereocenters. The topological polar surface area (TPSA) is 54.1 Å². The van der Waals surface area contributed by atoms with E-state index >= 15 is 0 Å². The van der Waals surface area contributed by atoms with Gasteiger partial charge < -0.3 is 9.47 Å². The van der Waals surface area contributed by atoms with Gasteiger partial charge in [0.1, 0.15) is 5.52 Å². The van der Waals surface area contributed by atoms with E-state index in [-0.39, 0.29) is 12.5 Å². The molecule has 2 aliphatic heterocycles. The summed E-state index contributed by atoms with van der Waals surface area (Å²) in [5.41, 5.74) is 7.62. The zero-order valence-corrected chi connectivity index (χ0v) is 24.2. The van der Waals surface area contributed by atoms with Gasteiger partial charge in [0.2, 0.25) is 0 Å². The van der Waals surface area contributed by atoms with Crippen LogP contribution < -0.4 is 0 Å². The number of ether oxygens (including phenoxy) is 2. The van der Waals surface area contributed by atoms with Crippen LogP contribution in [-0.2, 0) is 9.47 Å². The molecule has 6 nitrogen and oxygen atoms in total. The van der Waals surface area contributed by atoms with Crippen LogP contribution >= 0.6 is 22.7 Å². The molecule has 2 atom stereocenters. The highest BCUT2D eigenvalue weighted by molar-refractivity contribution is 7.17. The molecule has 0 saturated carbocycles. The van der Waals surface area contributed by atoms with Gasteiger partial charge >= 0.3 is 0 Å². The summed E-state index contributed by atoms with van der Waals surface area (Å²) in [4.78, 5) is 0. The Kier molecular flexibility index (Phi) is 7.86. The fraction of sp³-hybridized carbons (Fsp3) is 0.643. The predicted octanol–water partition coefficient (Wildman–Crippen LogP) is 8.46. The van der Waals surface area contributed by atoms with E-state index in [2.05, 4.69) is 61.7 Å². The summed E-state index contributed by atoms with van der Waals surface area (Å²) < 4.78 is 18.8. The fourth-order valence-corrected chi connectivity index (χ4v) is 7.63. The van der Waals surface area contributed by atoms with Crippen LogP contribution in [0.5, 0.6) is 0 Å². The molecule has 8 heteroatoms. The molecule has 6 heterocycles. The maximum absolute atomic E-state index is 5.90. The summed E-state index contributed by atoms with van der Waals surface area (Å²) in [6.07, 6.45) is 7.32. The highest BCUT2D eigenvalue weighted by Crippen LogP contribution is 2.37. The SMILES string of the molecule is Cc1csc2c(C(C)C)n(C3CCCCO3)nc12.Cc1csc2c(C(C)C)nn(C3CCCCO3)c12. The second-order valence-electron chi connectivity index (χ2n) is 10.8. The van der Waals surface area contributed by atoms with Crippen LogP contribution in [0, 0.1) is 13.8 Å². The highest BCUT2D eigenvalue weighted by atomic mass is 32.1. The van der Waals surface area contributed by atoms with E-state index in [1.165, 1.54) is 63.1 Å². The predicted molar refractivity (Wildman–Crippen MR) is 151 cm³/mol. The number of thiophene rings is 2. The summed E-state index contributed by atoms with van der Waals surface area (Å²) >= 11 is 3.63. The average molecular weight is 529 g/mol. The van der Waals surface area contributed by atoms with Crippen LogP contribution in [0.25, 0.3) is 20.4 Å². The Labute approximate surface area is 222 Å². The second kappa shape index (κ2) is 10.9. The van der Waals surface area contributed by atoms with Crippen molar-refractivity contribution in [1.82, 2.24) is 19.6 Å². The third-order valence-corrected chi connectivity index (χ3v) is 9.42. The van der Waals surface area contributed by atoms with E-state index in [1.807, 2.05) is 22.7 Å². The van der Waals surface area contributed by atoms with E-state index in [1.54, 1.807) is 0 Å². The average Bonchev–Trinajstić information content (AvgIpc) is 3.63. The van der Waals surface area contributed by atoms with Crippen LogP contribution in [0.4, 0.5) is 0 Å². The number of hydrogen-bond donors (Lipinski definition) is 0. The molecule has 2 fully saturated rings. The molecular formula is C28H40N4O2S2. The van der Waals surface area contributed by atoms with Crippen LogP contribution in [0.2, 0.25) is 0 Å². The van der Waals surface area contributed by atoms with E-state index in [9.17, 15) is 0 Å². The minimum Gasteiger partial charge on any atom is -0.357 e. The second-order valence-corrected chi connectivity index (χ2v) is 12.6. The third-order valence-electron chi connectivity index (χ3n) is 7.20. The van der Waals surface area contributed by atoms with Crippen molar-refractivity contribution in [2.45, 2.75) is 104 Å². The first-order valence-corrected chi connectivity index (χ1v) is 15.3. The standard InChI is InChI=1S/2C14H20N2OS/c1-9(2)13-14-12(10(3)8-18-14)15-16(13)11-6-4-5-7-17-11;1-9(2)12-14-13(10(3)8-18-14)16(15-12)11-6-4-5-7-17-11/h2*8-9,11H,4-7H2,1-3H3. The van der Waals surface area contributed by atoms with Crippen LogP contribution in [0.3, 0.4) is 0 Å². The monoisotopic (exact) mass is 528 g/mol. The first-order chi connectivity index (χ1) is 17.4. The first-order valence-electron chi connectivity index (χ1n) is 13.5. The van der Waals surface area contributed by atoms with Gasteiger partial charge in [0.05, 0.1) is 26.3 Å². The molecule has 0 bridgehead atoms. The Morgan fingerprint density at radius 1 is 0.778 bits per heavy atom. The molecule has 2 saturated heterocycles. The molecule has 0 N–H and O–H groups in total. The fourth-order valence-electron chi connectivity index (χ4n) is 5.29. The van der Waals surface area contributed by atoms with Crippen molar-refractivity contribution in [1.29, 1.82) is 0 Å². The zero-order valence-electron chi connectivity index (χ0n) is 22.5. The van der Waals surface area contributed by atoms with Crippen molar-refractivity contribution in [3.05, 3.63) is 33.3 Å². The third kappa shape index (κ3) is 4.89. The van der Waals surface area contributed by atoms with Gasteiger partial charge in [-0.3, -0.25) is 0 Å². The van der Waals surface area contributed by atoms with Gasteiger partial charge in [-0.1, -0.05) is 27.7 Å². The zero-order chi connectivity index (χ0) is 25.4. The Bertz CT molecular complexity index is 1300. The van der Waals surface area contributed by atoms with Crippen LogP contribution in [0.15, 0.2) is 10.8 Å². The molecule has 4 aromatic heterocycles. The van der Waals surface area contributed by atoms with E-state index in [4.69, 9.17) is 19.7 Å². The minimum atomic E-state index is 0.141. The van der Waals surface area contributed by atoms with Crippen LogP contribution in [0.1, 0.15) is 113 Å². The van der Waals surface area contributed by atoms with Crippen molar-refractivity contribution in [2.75, 3.05) is 13.2 Å². The van der Waals surface area contributed by atoms with Gasteiger partial charge in [-0.25, -0.2) is 9.36 Å². The normalized spacial score (nSPS) is 21.0. The molecule has 0 amide bonds. The Hall–Kier alpha value is -1.74. The van der Waals surface area contributed by atoms with Crippen molar-refractivity contribution >= 4 is 43.1 Å². The molecule has 0 aromatic carbocycles. The summed E-state index contributed by atoms with van der Waals surface area (Å²) in [5.74, 6) is 0.953. The number of nitrogens with zero attached hydrogens (tertiary/aromatic N) is 4. The summed E-state index contributed by atoms with van der Waals surface area (Å²) in [6, 6.07) is 0. The molecule has 196 valence electrons. The summed E-state index contributed by atoms with van der Waals surface area (Å²) in [5, 5.41) is 14.1. The molecular weight excluding hydrogens is 488 g/mol. The van der Waals surface area contributed by atoms with Crippen molar-refractivity contribution in [2.24, 2.45) is 0 Å². The maximum atomic E-state index is 5.90. The largest absolute Gasteiger partial charge is 0.357 e. The molecule has 2 aliphatic rings. The Morgan fingerprint density at radius 2 is 1.39 bits per heavy atom. The lowest BCUT2D eigenvalue weighted by atomic mass is 10.1. The number of hydrogen-bond acceptors (Lipinski definition) is 6. The minimum absolute atomic E-state index is 0.141. The lowest BCUT2D eigenvalue weighted by Crippen LogP contribution is -2.21. The Morgan fingerprint density at radius 3 is 1.97 bits per heavy atom. The van der Waals surface area contributed by atoms with E-state index in [0.717, 1.165) is 31.6 Å². The molecule has 36 heavy (non-hydrogen) atoms. The molecule has 0 spiro atoms. The van der Waals surface area contributed by atoms with Gasteiger partial charge in [0.25, 0.3) is 0 Å². The van der Waals surface area contributed by atoms with Gasteiger partial charge in [-0.2, -0.15) is 10.2 Å². The summed E-state index contributed by atoms with van der Waals surface area (Å²) in [7, 11) is 0. The van der Waals surface area contributed by atoms with Crippen molar-refractivity contribution < 1.29 is 9.47 Å². The number of aromatic nitrogens is 4.